The molecule has 0 radical (unpaired) electrons. The molecule has 1 amide bonds. The number of nitrogens with zero attached hydrogens (tertiary/aromatic N) is 1. The van der Waals surface area contributed by atoms with Gasteiger partial charge in [0, 0.05) is 25.6 Å². The van der Waals surface area contributed by atoms with Crippen LogP contribution in [-0.4, -0.2) is 47.7 Å². The molecule has 0 saturated carbocycles. The Morgan fingerprint density at radius 3 is 2.76 bits per heavy atom. The molecule has 1 aromatic carbocycles. The fraction of sp³-hybridized carbons (Fsp3) is 0.429. The van der Waals surface area contributed by atoms with Crippen molar-refractivity contribution in [1.82, 2.24) is 4.90 Å². The van der Waals surface area contributed by atoms with Gasteiger partial charge >= 0.3 is 5.97 Å². The largest absolute Gasteiger partial charge is 0.480 e. The second-order valence-electron chi connectivity index (χ2n) is 4.91. The van der Waals surface area contributed by atoms with Gasteiger partial charge in [-0.1, -0.05) is 0 Å². The number of carboxylic acid groups (broad SMARTS) is 1. The van der Waals surface area contributed by atoms with E-state index in [9.17, 15) is 18.4 Å². The Kier molecular flexibility index (Phi) is 4.52. The molecule has 1 heterocycles. The van der Waals surface area contributed by atoms with Crippen molar-refractivity contribution in [1.29, 1.82) is 0 Å². The second-order valence-corrected chi connectivity index (χ2v) is 4.91. The highest BCUT2D eigenvalue weighted by atomic mass is 19.1. The standard InChI is InChI=1S/C14H15F2NO4/c1-21-10-6-12(14(19)20)17(7-10)13(18)5-8-4-9(15)2-3-11(8)16/h2-4,10,12H,5-7H2,1H3,(H,19,20). The van der Waals surface area contributed by atoms with Gasteiger partial charge in [0.1, 0.15) is 17.7 Å². The Hall–Kier alpha value is -2.02. The van der Waals surface area contributed by atoms with E-state index >= 15 is 0 Å². The molecule has 1 aliphatic rings. The number of ether oxygens (including phenoxy) is 1. The van der Waals surface area contributed by atoms with E-state index in [0.29, 0.717) is 0 Å². The number of amides is 1. The summed E-state index contributed by atoms with van der Waals surface area (Å²) in [4.78, 5) is 24.5. The lowest BCUT2D eigenvalue weighted by molar-refractivity contribution is -0.148. The highest BCUT2D eigenvalue weighted by Gasteiger charge is 2.39. The minimum Gasteiger partial charge on any atom is -0.480 e. The van der Waals surface area contributed by atoms with Crippen LogP contribution in [0.3, 0.4) is 0 Å². The summed E-state index contributed by atoms with van der Waals surface area (Å²) in [5.74, 6) is -3.04. The summed E-state index contributed by atoms with van der Waals surface area (Å²) in [5.41, 5.74) is -0.0926. The fourth-order valence-electron chi connectivity index (χ4n) is 2.42. The lowest BCUT2D eigenvalue weighted by atomic mass is 10.1. The number of likely N-dealkylation sites (tertiary alicyclic amines) is 1. The van der Waals surface area contributed by atoms with Crippen LogP contribution in [0, 0.1) is 11.6 Å². The molecule has 5 nitrogen and oxygen atoms in total. The van der Waals surface area contributed by atoms with Crippen LogP contribution >= 0.6 is 0 Å². The van der Waals surface area contributed by atoms with Crippen molar-refractivity contribution in [3.8, 4) is 0 Å². The van der Waals surface area contributed by atoms with E-state index < -0.39 is 29.6 Å². The number of hydrogen-bond donors (Lipinski definition) is 1. The number of halogens is 2. The third kappa shape index (κ3) is 3.36. The molecule has 0 aliphatic carbocycles. The van der Waals surface area contributed by atoms with Crippen molar-refractivity contribution < 1.29 is 28.2 Å². The van der Waals surface area contributed by atoms with E-state index in [2.05, 4.69) is 0 Å². The smallest absolute Gasteiger partial charge is 0.326 e. The topological polar surface area (TPSA) is 66.8 Å². The Morgan fingerprint density at radius 2 is 2.14 bits per heavy atom. The number of hydrogen-bond acceptors (Lipinski definition) is 3. The summed E-state index contributed by atoms with van der Waals surface area (Å²) < 4.78 is 31.7. The van der Waals surface area contributed by atoms with Crippen molar-refractivity contribution in [3.05, 3.63) is 35.4 Å². The van der Waals surface area contributed by atoms with Crippen LogP contribution in [0.4, 0.5) is 8.78 Å². The number of carbonyl (C=O) groups is 2. The Labute approximate surface area is 120 Å². The first-order valence-corrected chi connectivity index (χ1v) is 6.41. The van der Waals surface area contributed by atoms with Crippen LogP contribution in [0.1, 0.15) is 12.0 Å². The molecule has 0 bridgehead atoms. The maximum atomic E-state index is 13.5. The number of carbonyl (C=O) groups excluding carboxylic acids is 1. The van der Waals surface area contributed by atoms with Crippen LogP contribution in [0.2, 0.25) is 0 Å². The zero-order valence-electron chi connectivity index (χ0n) is 11.4. The molecule has 2 rings (SSSR count). The fourth-order valence-corrected chi connectivity index (χ4v) is 2.42. The van der Waals surface area contributed by atoms with Gasteiger partial charge in [-0.05, 0) is 18.2 Å². The predicted octanol–water partition coefficient (Wildman–Crippen LogP) is 1.21. The van der Waals surface area contributed by atoms with Gasteiger partial charge in [0.25, 0.3) is 0 Å². The molecule has 0 spiro atoms. The van der Waals surface area contributed by atoms with Crippen LogP contribution in [0.5, 0.6) is 0 Å². The van der Waals surface area contributed by atoms with Crippen LogP contribution in [-0.2, 0) is 20.7 Å². The lowest BCUT2D eigenvalue weighted by Gasteiger charge is -2.21. The quantitative estimate of drug-likeness (QED) is 0.907. The number of rotatable bonds is 4. The molecule has 114 valence electrons. The highest BCUT2D eigenvalue weighted by molar-refractivity contribution is 5.85. The summed E-state index contributed by atoms with van der Waals surface area (Å²) in [6.07, 6.45) is -0.570. The molecule has 0 aromatic heterocycles. The SMILES string of the molecule is COC1CC(C(=O)O)N(C(=O)Cc2cc(F)ccc2F)C1. The molecule has 1 N–H and O–H groups in total. The van der Waals surface area contributed by atoms with Crippen molar-refractivity contribution >= 4 is 11.9 Å². The number of benzene rings is 1. The summed E-state index contributed by atoms with van der Waals surface area (Å²) in [6.45, 7) is 0.128. The third-order valence-corrected chi connectivity index (χ3v) is 3.55. The summed E-state index contributed by atoms with van der Waals surface area (Å²) >= 11 is 0. The van der Waals surface area contributed by atoms with Crippen molar-refractivity contribution in [2.75, 3.05) is 13.7 Å². The van der Waals surface area contributed by atoms with Crippen LogP contribution in [0.25, 0.3) is 0 Å². The molecular weight excluding hydrogens is 284 g/mol. The van der Waals surface area contributed by atoms with Gasteiger partial charge in [-0.15, -0.1) is 0 Å². The summed E-state index contributed by atoms with van der Waals surface area (Å²) in [7, 11) is 1.43. The molecule has 1 aliphatic heterocycles. The number of methoxy groups -OCH3 is 1. The van der Waals surface area contributed by atoms with Crippen molar-refractivity contribution in [2.24, 2.45) is 0 Å². The zero-order valence-corrected chi connectivity index (χ0v) is 11.4. The van der Waals surface area contributed by atoms with Crippen molar-refractivity contribution in [2.45, 2.75) is 25.0 Å². The Bertz CT molecular complexity index is 564. The third-order valence-electron chi connectivity index (χ3n) is 3.55. The molecule has 21 heavy (non-hydrogen) atoms. The molecule has 1 fully saturated rings. The van der Waals surface area contributed by atoms with Crippen LogP contribution < -0.4 is 0 Å². The molecule has 2 unspecified atom stereocenters. The Balaban J connectivity index is 2.15. The summed E-state index contributed by atoms with van der Waals surface area (Å²) in [6, 6.07) is 1.83. The first-order valence-electron chi connectivity index (χ1n) is 6.41. The van der Waals surface area contributed by atoms with Gasteiger partial charge in [-0.3, -0.25) is 4.79 Å². The molecule has 1 aromatic rings. The van der Waals surface area contributed by atoms with E-state index in [4.69, 9.17) is 9.84 Å². The molecule has 1 saturated heterocycles. The Morgan fingerprint density at radius 1 is 1.43 bits per heavy atom. The van der Waals surface area contributed by atoms with Gasteiger partial charge in [0.15, 0.2) is 0 Å². The second kappa shape index (κ2) is 6.17. The lowest BCUT2D eigenvalue weighted by Crippen LogP contribution is -2.41. The number of carboxylic acids is 1. The van der Waals surface area contributed by atoms with E-state index in [-0.39, 0.29) is 31.1 Å². The van der Waals surface area contributed by atoms with Gasteiger partial charge in [-0.2, -0.15) is 0 Å². The van der Waals surface area contributed by atoms with Crippen LogP contribution in [0.15, 0.2) is 18.2 Å². The van der Waals surface area contributed by atoms with E-state index in [1.54, 1.807) is 0 Å². The maximum absolute atomic E-state index is 13.5. The minimum absolute atomic E-state index is 0.0926. The number of aliphatic carboxylic acids is 1. The molecule has 7 heteroatoms. The maximum Gasteiger partial charge on any atom is 0.326 e. The normalized spacial score (nSPS) is 21.6. The zero-order chi connectivity index (χ0) is 15.6. The first-order chi connectivity index (χ1) is 9.92. The first kappa shape index (κ1) is 15.4. The van der Waals surface area contributed by atoms with Gasteiger partial charge in [0.05, 0.1) is 12.5 Å². The predicted molar refractivity (Wildman–Crippen MR) is 68.6 cm³/mol. The molecular formula is C14H15F2NO4. The average Bonchev–Trinajstić information content (AvgIpc) is 2.87. The monoisotopic (exact) mass is 299 g/mol. The average molecular weight is 299 g/mol. The van der Waals surface area contributed by atoms with Gasteiger partial charge in [-0.25, -0.2) is 13.6 Å². The minimum atomic E-state index is -1.14. The van der Waals surface area contributed by atoms with Gasteiger partial charge < -0.3 is 14.7 Å². The highest BCUT2D eigenvalue weighted by Crippen LogP contribution is 2.22. The van der Waals surface area contributed by atoms with E-state index in [1.807, 2.05) is 0 Å². The van der Waals surface area contributed by atoms with E-state index in [1.165, 1.54) is 7.11 Å². The summed E-state index contributed by atoms with van der Waals surface area (Å²) in [5, 5.41) is 9.13. The van der Waals surface area contributed by atoms with E-state index in [0.717, 1.165) is 23.1 Å². The van der Waals surface area contributed by atoms with Gasteiger partial charge in [0.2, 0.25) is 5.91 Å². The molecule has 2 atom stereocenters. The van der Waals surface area contributed by atoms with Crippen molar-refractivity contribution in [3.63, 3.8) is 0 Å².